The summed E-state index contributed by atoms with van der Waals surface area (Å²) in [6.07, 6.45) is 0. The molecule has 0 radical (unpaired) electrons. The number of hydrogen-bond donors (Lipinski definition) is 3. The molecule has 1 aromatic heterocycles. The van der Waals surface area contributed by atoms with Gasteiger partial charge in [0.05, 0.1) is 0 Å². The number of benzene rings is 2. The third-order valence-electron chi connectivity index (χ3n) is 3.43. The molecule has 0 aliphatic carbocycles. The Bertz CT molecular complexity index is 945. The molecule has 0 fully saturated rings. The zero-order valence-corrected chi connectivity index (χ0v) is 15.4. The molecular weight excluding hydrogens is 391 g/mol. The number of urea groups is 1. The first kappa shape index (κ1) is 18.8. The van der Waals surface area contributed by atoms with Crippen molar-refractivity contribution in [3.05, 3.63) is 76.0 Å². The van der Waals surface area contributed by atoms with Gasteiger partial charge in [0.15, 0.2) is 5.13 Å². The number of thiazole rings is 1. The van der Waals surface area contributed by atoms with E-state index in [-0.39, 0.29) is 29.1 Å². The minimum atomic E-state index is -0.482. The predicted octanol–water partition coefficient (Wildman–Crippen LogP) is 4.51. The van der Waals surface area contributed by atoms with E-state index in [2.05, 4.69) is 20.9 Å². The fourth-order valence-electron chi connectivity index (χ4n) is 2.10. The van der Waals surface area contributed by atoms with Crippen LogP contribution in [0.5, 0.6) is 0 Å². The number of rotatable bonds is 5. The minimum absolute atomic E-state index is 0.184. The molecule has 0 saturated carbocycles. The van der Waals surface area contributed by atoms with E-state index in [1.807, 2.05) is 0 Å². The molecule has 0 bridgehead atoms. The summed E-state index contributed by atoms with van der Waals surface area (Å²) in [7, 11) is 0. The number of amides is 3. The van der Waals surface area contributed by atoms with Crippen molar-refractivity contribution in [2.75, 3.05) is 10.6 Å². The Labute approximate surface area is 163 Å². The molecular formula is C18H14ClFN4O2S. The quantitative estimate of drug-likeness (QED) is 0.585. The van der Waals surface area contributed by atoms with Crippen LogP contribution in [0.3, 0.4) is 0 Å². The molecule has 27 heavy (non-hydrogen) atoms. The first-order chi connectivity index (χ1) is 13.0. The number of anilines is 2. The summed E-state index contributed by atoms with van der Waals surface area (Å²) in [5, 5.41) is 10.3. The van der Waals surface area contributed by atoms with Gasteiger partial charge in [-0.05, 0) is 42.0 Å². The molecule has 0 atom stereocenters. The molecule has 0 saturated heterocycles. The van der Waals surface area contributed by atoms with E-state index in [1.54, 1.807) is 36.4 Å². The number of carbonyl (C=O) groups is 2. The van der Waals surface area contributed by atoms with Crippen molar-refractivity contribution < 1.29 is 14.0 Å². The second-order valence-electron chi connectivity index (χ2n) is 5.43. The first-order valence-corrected chi connectivity index (χ1v) is 9.07. The molecule has 3 rings (SSSR count). The average molecular weight is 405 g/mol. The maximum Gasteiger partial charge on any atom is 0.325 e. The van der Waals surface area contributed by atoms with Gasteiger partial charge in [-0.25, -0.2) is 14.2 Å². The SMILES string of the molecule is O=C(Nc1ccc(Cl)cc1)Nc1nc(C(=O)NCc2ccc(F)cc2)cs1. The highest BCUT2D eigenvalue weighted by molar-refractivity contribution is 7.14. The number of carbonyl (C=O) groups excluding carboxylic acids is 2. The maximum atomic E-state index is 12.9. The highest BCUT2D eigenvalue weighted by Gasteiger charge is 2.12. The van der Waals surface area contributed by atoms with Crippen LogP contribution >= 0.6 is 22.9 Å². The third-order valence-corrected chi connectivity index (χ3v) is 4.44. The highest BCUT2D eigenvalue weighted by Crippen LogP contribution is 2.17. The lowest BCUT2D eigenvalue weighted by molar-refractivity contribution is 0.0946. The van der Waals surface area contributed by atoms with Gasteiger partial charge in [-0.2, -0.15) is 0 Å². The summed E-state index contributed by atoms with van der Waals surface area (Å²) in [6, 6.07) is 12.0. The van der Waals surface area contributed by atoms with E-state index in [9.17, 15) is 14.0 Å². The Morgan fingerprint density at radius 2 is 1.74 bits per heavy atom. The zero-order chi connectivity index (χ0) is 19.2. The standard InChI is InChI=1S/C18H14ClFN4O2S/c19-12-3-7-14(8-4-12)22-17(26)24-18-23-15(10-27-18)16(25)21-9-11-1-5-13(20)6-2-11/h1-8,10H,9H2,(H,21,25)(H2,22,23,24,26). The van der Waals surface area contributed by atoms with Gasteiger partial charge in [-0.1, -0.05) is 23.7 Å². The summed E-state index contributed by atoms with van der Waals surface area (Å²) < 4.78 is 12.9. The van der Waals surface area contributed by atoms with E-state index >= 15 is 0 Å². The summed E-state index contributed by atoms with van der Waals surface area (Å²) in [5.41, 5.74) is 1.52. The Hall–Kier alpha value is -2.97. The number of aromatic nitrogens is 1. The van der Waals surface area contributed by atoms with Gasteiger partial charge >= 0.3 is 6.03 Å². The predicted molar refractivity (Wildman–Crippen MR) is 104 cm³/mol. The highest BCUT2D eigenvalue weighted by atomic mass is 35.5. The smallest absolute Gasteiger partial charge is 0.325 e. The molecule has 9 heteroatoms. The molecule has 0 spiro atoms. The second-order valence-corrected chi connectivity index (χ2v) is 6.73. The number of hydrogen-bond acceptors (Lipinski definition) is 4. The van der Waals surface area contributed by atoms with Crippen LogP contribution in [0.15, 0.2) is 53.9 Å². The zero-order valence-electron chi connectivity index (χ0n) is 13.8. The lowest BCUT2D eigenvalue weighted by Crippen LogP contribution is -2.23. The Morgan fingerprint density at radius 1 is 1.04 bits per heavy atom. The Balaban J connectivity index is 1.52. The van der Waals surface area contributed by atoms with Gasteiger partial charge in [0.1, 0.15) is 11.5 Å². The fraction of sp³-hybridized carbons (Fsp3) is 0.0556. The van der Waals surface area contributed by atoms with E-state index < -0.39 is 6.03 Å². The monoisotopic (exact) mass is 404 g/mol. The van der Waals surface area contributed by atoms with Crippen molar-refractivity contribution in [2.45, 2.75) is 6.54 Å². The molecule has 1 heterocycles. The summed E-state index contributed by atoms with van der Waals surface area (Å²) in [4.78, 5) is 28.2. The van der Waals surface area contributed by atoms with Gasteiger partial charge in [0.25, 0.3) is 5.91 Å². The molecule has 3 amide bonds. The summed E-state index contributed by atoms with van der Waals surface area (Å²) >= 11 is 6.92. The normalized spacial score (nSPS) is 10.3. The van der Waals surface area contributed by atoms with Gasteiger partial charge in [0, 0.05) is 22.6 Å². The van der Waals surface area contributed by atoms with E-state index in [1.165, 1.54) is 17.5 Å². The van der Waals surface area contributed by atoms with Gasteiger partial charge in [-0.15, -0.1) is 11.3 Å². The van der Waals surface area contributed by atoms with Crippen molar-refractivity contribution in [1.82, 2.24) is 10.3 Å². The van der Waals surface area contributed by atoms with Crippen LogP contribution < -0.4 is 16.0 Å². The van der Waals surface area contributed by atoms with Gasteiger partial charge < -0.3 is 10.6 Å². The second kappa shape index (κ2) is 8.61. The molecule has 6 nitrogen and oxygen atoms in total. The van der Waals surface area contributed by atoms with Crippen LogP contribution in [-0.4, -0.2) is 16.9 Å². The molecule has 2 aromatic carbocycles. The first-order valence-electron chi connectivity index (χ1n) is 7.81. The molecule has 0 aliphatic rings. The largest absolute Gasteiger partial charge is 0.347 e. The number of nitrogens with one attached hydrogen (secondary N) is 3. The van der Waals surface area contributed by atoms with Crippen LogP contribution in [0.1, 0.15) is 16.1 Å². The minimum Gasteiger partial charge on any atom is -0.347 e. The van der Waals surface area contributed by atoms with Crippen molar-refractivity contribution in [2.24, 2.45) is 0 Å². The molecule has 3 aromatic rings. The van der Waals surface area contributed by atoms with Crippen molar-refractivity contribution >= 4 is 45.7 Å². The average Bonchev–Trinajstić information content (AvgIpc) is 3.11. The topological polar surface area (TPSA) is 83.1 Å². The molecule has 3 N–H and O–H groups in total. The lowest BCUT2D eigenvalue weighted by atomic mass is 10.2. The summed E-state index contributed by atoms with van der Waals surface area (Å²) in [5.74, 6) is -0.723. The van der Waals surface area contributed by atoms with Crippen LogP contribution in [0.4, 0.5) is 20.0 Å². The van der Waals surface area contributed by atoms with Crippen LogP contribution in [-0.2, 0) is 6.54 Å². The van der Waals surface area contributed by atoms with E-state index in [0.29, 0.717) is 10.7 Å². The van der Waals surface area contributed by atoms with Crippen LogP contribution in [0.2, 0.25) is 5.02 Å². The van der Waals surface area contributed by atoms with Gasteiger partial charge in [-0.3, -0.25) is 10.1 Å². The van der Waals surface area contributed by atoms with Crippen molar-refractivity contribution in [1.29, 1.82) is 0 Å². The van der Waals surface area contributed by atoms with E-state index in [4.69, 9.17) is 11.6 Å². The Kier molecular flexibility index (Phi) is 6.00. The Morgan fingerprint density at radius 3 is 2.44 bits per heavy atom. The lowest BCUT2D eigenvalue weighted by Gasteiger charge is -2.05. The molecule has 138 valence electrons. The van der Waals surface area contributed by atoms with Crippen LogP contribution in [0, 0.1) is 5.82 Å². The number of halogens is 2. The van der Waals surface area contributed by atoms with Crippen molar-refractivity contribution in [3.8, 4) is 0 Å². The maximum absolute atomic E-state index is 12.9. The summed E-state index contributed by atoms with van der Waals surface area (Å²) in [6.45, 7) is 0.246. The molecule has 0 aliphatic heterocycles. The molecule has 0 unspecified atom stereocenters. The van der Waals surface area contributed by atoms with Crippen LogP contribution in [0.25, 0.3) is 0 Å². The van der Waals surface area contributed by atoms with Crippen molar-refractivity contribution in [3.63, 3.8) is 0 Å². The third kappa shape index (κ3) is 5.50. The fourth-order valence-corrected chi connectivity index (χ4v) is 2.91. The van der Waals surface area contributed by atoms with E-state index in [0.717, 1.165) is 16.9 Å². The van der Waals surface area contributed by atoms with Gasteiger partial charge in [0.2, 0.25) is 0 Å². The number of nitrogens with zero attached hydrogens (tertiary/aromatic N) is 1.